The molecule has 0 radical (unpaired) electrons. The van der Waals surface area contributed by atoms with Crippen molar-refractivity contribution < 1.29 is 9.59 Å². The third-order valence-electron chi connectivity index (χ3n) is 2.66. The Kier molecular flexibility index (Phi) is 6.27. The van der Waals surface area contributed by atoms with Crippen molar-refractivity contribution in [1.82, 2.24) is 10.2 Å². The van der Waals surface area contributed by atoms with Gasteiger partial charge in [0.25, 0.3) is 0 Å². The third-order valence-corrected chi connectivity index (χ3v) is 2.66. The Balaban J connectivity index is 2.72. The summed E-state index contributed by atoms with van der Waals surface area (Å²) in [5.74, 6) is 5.42. The fraction of sp³-hybridized carbons (Fsp3) is 0.333. The molecule has 0 aromatic heterocycles. The van der Waals surface area contributed by atoms with Crippen molar-refractivity contribution in [1.29, 1.82) is 0 Å². The highest BCUT2D eigenvalue weighted by Gasteiger charge is 2.11. The number of nitrogens with zero attached hydrogens (tertiary/aromatic N) is 1. The minimum atomic E-state index is -0.221. The standard InChI is InChI=1S/C15H19N3O2/c1-12(19)17-10-15(20)18(2)11-14-7-4-3-6-13(14)8-5-9-16/h3-4,6-7H,9-11,16H2,1-2H3,(H,17,19). The molecule has 1 aromatic carbocycles. The molecule has 5 nitrogen and oxygen atoms in total. The Morgan fingerprint density at radius 2 is 2.05 bits per heavy atom. The number of likely N-dealkylation sites (N-methyl/N-ethyl adjacent to an activating group) is 1. The van der Waals surface area contributed by atoms with E-state index in [1.807, 2.05) is 24.3 Å². The van der Waals surface area contributed by atoms with Crippen LogP contribution >= 0.6 is 0 Å². The second kappa shape index (κ2) is 7.97. The van der Waals surface area contributed by atoms with Crippen LogP contribution in [0.4, 0.5) is 0 Å². The van der Waals surface area contributed by atoms with Crippen LogP contribution in [0.2, 0.25) is 0 Å². The lowest BCUT2D eigenvalue weighted by Crippen LogP contribution is -2.37. The Morgan fingerprint density at radius 3 is 2.70 bits per heavy atom. The average molecular weight is 273 g/mol. The number of carbonyl (C=O) groups is 2. The molecule has 0 heterocycles. The summed E-state index contributed by atoms with van der Waals surface area (Å²) in [6, 6.07) is 7.60. The molecule has 106 valence electrons. The Bertz CT molecular complexity index is 544. The van der Waals surface area contributed by atoms with E-state index in [-0.39, 0.29) is 18.4 Å². The van der Waals surface area contributed by atoms with Gasteiger partial charge in [-0.3, -0.25) is 9.59 Å². The number of benzene rings is 1. The van der Waals surface area contributed by atoms with Crippen molar-refractivity contribution in [3.05, 3.63) is 35.4 Å². The quantitative estimate of drug-likeness (QED) is 0.764. The first-order chi connectivity index (χ1) is 9.54. The molecule has 20 heavy (non-hydrogen) atoms. The molecule has 2 amide bonds. The fourth-order valence-corrected chi connectivity index (χ4v) is 1.61. The molecule has 0 unspecified atom stereocenters. The normalized spacial score (nSPS) is 9.35. The molecule has 0 fully saturated rings. The van der Waals surface area contributed by atoms with Crippen LogP contribution in [-0.2, 0) is 16.1 Å². The monoisotopic (exact) mass is 273 g/mol. The predicted octanol–water partition coefficient (Wildman–Crippen LogP) is 0.0913. The molecular weight excluding hydrogens is 254 g/mol. The summed E-state index contributed by atoms with van der Waals surface area (Å²) >= 11 is 0. The van der Waals surface area contributed by atoms with Gasteiger partial charge in [0.2, 0.25) is 11.8 Å². The van der Waals surface area contributed by atoms with Gasteiger partial charge in [0.1, 0.15) is 0 Å². The predicted molar refractivity (Wildman–Crippen MR) is 77.5 cm³/mol. The van der Waals surface area contributed by atoms with Gasteiger partial charge in [0.05, 0.1) is 13.1 Å². The van der Waals surface area contributed by atoms with Crippen LogP contribution in [0.25, 0.3) is 0 Å². The van der Waals surface area contributed by atoms with Crippen molar-refractivity contribution in [2.24, 2.45) is 5.73 Å². The van der Waals surface area contributed by atoms with Gasteiger partial charge in [-0.1, -0.05) is 30.0 Å². The molecule has 0 spiro atoms. The lowest BCUT2D eigenvalue weighted by Gasteiger charge is -2.18. The number of carbonyl (C=O) groups excluding carboxylic acids is 2. The second-order valence-corrected chi connectivity index (χ2v) is 4.32. The van der Waals surface area contributed by atoms with Gasteiger partial charge in [0.15, 0.2) is 0 Å². The van der Waals surface area contributed by atoms with E-state index in [2.05, 4.69) is 17.2 Å². The van der Waals surface area contributed by atoms with Crippen molar-refractivity contribution in [3.63, 3.8) is 0 Å². The largest absolute Gasteiger partial charge is 0.347 e. The Morgan fingerprint density at radius 1 is 1.35 bits per heavy atom. The van der Waals surface area contributed by atoms with Gasteiger partial charge >= 0.3 is 0 Å². The molecule has 0 bridgehead atoms. The van der Waals surface area contributed by atoms with Crippen molar-refractivity contribution in [2.75, 3.05) is 20.1 Å². The number of hydrogen-bond donors (Lipinski definition) is 2. The maximum atomic E-state index is 11.8. The summed E-state index contributed by atoms with van der Waals surface area (Å²) in [6.07, 6.45) is 0. The number of nitrogens with two attached hydrogens (primary N) is 1. The van der Waals surface area contributed by atoms with Gasteiger partial charge in [0, 0.05) is 26.1 Å². The fourth-order valence-electron chi connectivity index (χ4n) is 1.61. The van der Waals surface area contributed by atoms with E-state index in [0.29, 0.717) is 13.1 Å². The van der Waals surface area contributed by atoms with Crippen LogP contribution in [0.3, 0.4) is 0 Å². The van der Waals surface area contributed by atoms with Gasteiger partial charge in [-0.15, -0.1) is 0 Å². The summed E-state index contributed by atoms with van der Waals surface area (Å²) in [5, 5.41) is 2.49. The molecule has 0 aliphatic heterocycles. The van der Waals surface area contributed by atoms with Crippen LogP contribution in [0.5, 0.6) is 0 Å². The highest BCUT2D eigenvalue weighted by atomic mass is 16.2. The molecule has 3 N–H and O–H groups in total. The Hall–Kier alpha value is -2.32. The smallest absolute Gasteiger partial charge is 0.242 e. The summed E-state index contributed by atoms with van der Waals surface area (Å²) in [4.78, 5) is 24.2. The highest BCUT2D eigenvalue weighted by Crippen LogP contribution is 2.09. The molecule has 1 rings (SSSR count). The van der Waals surface area contributed by atoms with Crippen molar-refractivity contribution in [3.8, 4) is 11.8 Å². The lowest BCUT2D eigenvalue weighted by atomic mass is 10.1. The summed E-state index contributed by atoms with van der Waals surface area (Å²) in [6.45, 7) is 2.12. The van der Waals surface area contributed by atoms with Crippen LogP contribution in [0.1, 0.15) is 18.1 Å². The highest BCUT2D eigenvalue weighted by molar-refractivity contribution is 5.83. The molecule has 0 aliphatic rings. The summed E-state index contributed by atoms with van der Waals surface area (Å²) in [5.41, 5.74) is 7.17. The third kappa shape index (κ3) is 5.12. The molecule has 0 atom stereocenters. The minimum absolute atomic E-state index is 0.00246. The Labute approximate surface area is 119 Å². The molecule has 0 saturated heterocycles. The van der Waals surface area contributed by atoms with E-state index >= 15 is 0 Å². The van der Waals surface area contributed by atoms with Gasteiger partial charge in [-0.25, -0.2) is 0 Å². The number of rotatable bonds is 4. The maximum absolute atomic E-state index is 11.8. The zero-order valence-corrected chi connectivity index (χ0v) is 11.8. The number of nitrogens with one attached hydrogen (secondary N) is 1. The SMILES string of the molecule is CC(=O)NCC(=O)N(C)Cc1ccccc1C#CCN. The molecule has 0 saturated carbocycles. The second-order valence-electron chi connectivity index (χ2n) is 4.32. The lowest BCUT2D eigenvalue weighted by molar-refractivity contribution is -0.131. The van der Waals surface area contributed by atoms with Gasteiger partial charge < -0.3 is 16.0 Å². The van der Waals surface area contributed by atoms with Gasteiger partial charge in [-0.2, -0.15) is 0 Å². The van der Waals surface area contributed by atoms with Crippen molar-refractivity contribution >= 4 is 11.8 Å². The van der Waals surface area contributed by atoms with Crippen LogP contribution in [-0.4, -0.2) is 36.9 Å². The van der Waals surface area contributed by atoms with E-state index in [1.54, 1.807) is 11.9 Å². The zero-order valence-electron chi connectivity index (χ0n) is 11.8. The van der Waals surface area contributed by atoms with E-state index in [0.717, 1.165) is 11.1 Å². The number of amides is 2. The van der Waals surface area contributed by atoms with Crippen LogP contribution < -0.4 is 11.1 Å². The zero-order chi connectivity index (χ0) is 15.0. The van der Waals surface area contributed by atoms with E-state index in [1.165, 1.54) is 6.92 Å². The first kappa shape index (κ1) is 15.7. The van der Waals surface area contributed by atoms with Crippen LogP contribution in [0.15, 0.2) is 24.3 Å². The average Bonchev–Trinajstić information content (AvgIpc) is 2.43. The van der Waals surface area contributed by atoms with Crippen molar-refractivity contribution in [2.45, 2.75) is 13.5 Å². The molecular formula is C15H19N3O2. The molecule has 0 aliphatic carbocycles. The topological polar surface area (TPSA) is 75.4 Å². The van der Waals surface area contributed by atoms with E-state index in [9.17, 15) is 9.59 Å². The van der Waals surface area contributed by atoms with Gasteiger partial charge in [-0.05, 0) is 11.6 Å². The molecule has 5 heteroatoms. The number of hydrogen-bond acceptors (Lipinski definition) is 3. The first-order valence-electron chi connectivity index (χ1n) is 6.30. The minimum Gasteiger partial charge on any atom is -0.347 e. The summed E-state index contributed by atoms with van der Waals surface area (Å²) in [7, 11) is 1.69. The van der Waals surface area contributed by atoms with E-state index in [4.69, 9.17) is 5.73 Å². The molecule has 1 aromatic rings. The maximum Gasteiger partial charge on any atom is 0.242 e. The first-order valence-corrected chi connectivity index (χ1v) is 6.30. The summed E-state index contributed by atoms with van der Waals surface area (Å²) < 4.78 is 0. The van der Waals surface area contributed by atoms with Crippen LogP contribution in [0, 0.1) is 11.8 Å². The van der Waals surface area contributed by atoms with E-state index < -0.39 is 0 Å².